The zero-order valence-electron chi connectivity index (χ0n) is 14.6. The minimum absolute atomic E-state index is 0.269. The van der Waals surface area contributed by atoms with E-state index < -0.39 is 11.9 Å². The second kappa shape index (κ2) is 10.4. The minimum atomic E-state index is -1.26. The molecular weight excluding hydrogens is 340 g/mol. The molecule has 2 aromatic rings. The monoisotopic (exact) mass is 360 g/mol. The highest BCUT2D eigenvalue weighted by molar-refractivity contribution is 5.89. The molecule has 9 nitrogen and oxygen atoms in total. The van der Waals surface area contributed by atoms with Gasteiger partial charge in [-0.05, 0) is 26.0 Å². The number of nitrogens with one attached hydrogen (secondary N) is 1. The van der Waals surface area contributed by atoms with Crippen LogP contribution in [-0.4, -0.2) is 50.3 Å². The summed E-state index contributed by atoms with van der Waals surface area (Å²) < 4.78 is 5.23. The zero-order chi connectivity index (χ0) is 19.5. The van der Waals surface area contributed by atoms with E-state index in [4.69, 9.17) is 14.9 Å². The van der Waals surface area contributed by atoms with E-state index in [-0.39, 0.29) is 6.04 Å². The van der Waals surface area contributed by atoms with Crippen molar-refractivity contribution in [2.45, 2.75) is 19.9 Å². The van der Waals surface area contributed by atoms with E-state index in [1.807, 2.05) is 32.0 Å². The summed E-state index contributed by atoms with van der Waals surface area (Å²) >= 11 is 0. The fourth-order valence-electron chi connectivity index (χ4n) is 1.66. The molecule has 26 heavy (non-hydrogen) atoms. The Balaban J connectivity index is 0.000000359. The molecule has 0 aromatic carbocycles. The number of hydrogen-bond acceptors (Lipinski definition) is 7. The molecular formula is C17H20N4O5. The Bertz CT molecular complexity index is 747. The van der Waals surface area contributed by atoms with E-state index in [0.29, 0.717) is 29.5 Å². The lowest BCUT2D eigenvalue weighted by atomic mass is 10.3. The number of rotatable bonds is 6. The SMILES string of the molecule is COc1cnc(-c2ccccn2)nc1NC(C)C.O=C(O)/C=C/C(=O)O. The first-order chi connectivity index (χ1) is 12.3. The van der Waals surface area contributed by atoms with Crippen LogP contribution in [0.4, 0.5) is 5.82 Å². The Morgan fingerprint density at radius 3 is 2.27 bits per heavy atom. The predicted octanol–water partition coefficient (Wildman–Crippen LogP) is 2.08. The third-order valence-corrected chi connectivity index (χ3v) is 2.66. The van der Waals surface area contributed by atoms with Crippen molar-refractivity contribution in [2.24, 2.45) is 0 Å². The maximum Gasteiger partial charge on any atom is 0.328 e. The molecule has 0 radical (unpaired) electrons. The van der Waals surface area contributed by atoms with Crippen LogP contribution < -0.4 is 10.1 Å². The van der Waals surface area contributed by atoms with Crippen LogP contribution in [0.15, 0.2) is 42.7 Å². The summed E-state index contributed by atoms with van der Waals surface area (Å²) in [7, 11) is 1.60. The van der Waals surface area contributed by atoms with Crippen LogP contribution in [0.5, 0.6) is 5.75 Å². The molecule has 0 saturated heterocycles. The minimum Gasteiger partial charge on any atom is -0.491 e. The van der Waals surface area contributed by atoms with Crippen molar-refractivity contribution in [2.75, 3.05) is 12.4 Å². The molecule has 0 amide bonds. The highest BCUT2D eigenvalue weighted by atomic mass is 16.5. The molecule has 0 fully saturated rings. The van der Waals surface area contributed by atoms with Gasteiger partial charge in [0.2, 0.25) is 0 Å². The van der Waals surface area contributed by atoms with E-state index in [1.54, 1.807) is 19.5 Å². The smallest absolute Gasteiger partial charge is 0.328 e. The topological polar surface area (TPSA) is 135 Å². The Kier molecular flexibility index (Phi) is 8.21. The van der Waals surface area contributed by atoms with E-state index in [0.717, 1.165) is 5.69 Å². The molecule has 2 heterocycles. The lowest BCUT2D eigenvalue weighted by molar-refractivity contribution is -0.134. The lowest BCUT2D eigenvalue weighted by Crippen LogP contribution is -2.13. The number of nitrogens with zero attached hydrogens (tertiary/aromatic N) is 3. The maximum absolute atomic E-state index is 9.55. The van der Waals surface area contributed by atoms with Gasteiger partial charge in [-0.15, -0.1) is 0 Å². The quantitative estimate of drug-likeness (QED) is 0.662. The first-order valence-electron chi connectivity index (χ1n) is 7.56. The van der Waals surface area contributed by atoms with Crippen LogP contribution in [-0.2, 0) is 9.59 Å². The Morgan fingerprint density at radius 2 is 1.81 bits per heavy atom. The van der Waals surface area contributed by atoms with Gasteiger partial charge in [0.15, 0.2) is 17.4 Å². The third-order valence-electron chi connectivity index (χ3n) is 2.66. The number of pyridine rings is 1. The van der Waals surface area contributed by atoms with Crippen molar-refractivity contribution < 1.29 is 24.5 Å². The van der Waals surface area contributed by atoms with Crippen molar-refractivity contribution >= 4 is 17.8 Å². The van der Waals surface area contributed by atoms with Crippen molar-refractivity contribution in [3.63, 3.8) is 0 Å². The predicted molar refractivity (Wildman–Crippen MR) is 95.0 cm³/mol. The van der Waals surface area contributed by atoms with E-state index in [2.05, 4.69) is 20.3 Å². The molecule has 0 bridgehead atoms. The van der Waals surface area contributed by atoms with Crippen LogP contribution in [0, 0.1) is 0 Å². The van der Waals surface area contributed by atoms with Gasteiger partial charge in [-0.3, -0.25) is 4.98 Å². The van der Waals surface area contributed by atoms with Crippen LogP contribution in [0.2, 0.25) is 0 Å². The third kappa shape index (κ3) is 7.39. The van der Waals surface area contributed by atoms with E-state index in [9.17, 15) is 9.59 Å². The first kappa shape index (κ1) is 20.6. The number of anilines is 1. The normalized spacial score (nSPS) is 10.2. The average molecular weight is 360 g/mol. The van der Waals surface area contributed by atoms with Crippen molar-refractivity contribution in [3.8, 4) is 17.3 Å². The highest BCUT2D eigenvalue weighted by Gasteiger charge is 2.10. The summed E-state index contributed by atoms with van der Waals surface area (Å²) in [5.41, 5.74) is 0.743. The molecule has 0 atom stereocenters. The van der Waals surface area contributed by atoms with Gasteiger partial charge in [0, 0.05) is 24.4 Å². The molecule has 2 rings (SSSR count). The molecule has 9 heteroatoms. The number of aromatic nitrogens is 3. The molecule has 2 aromatic heterocycles. The van der Waals surface area contributed by atoms with Gasteiger partial charge in [-0.25, -0.2) is 19.6 Å². The summed E-state index contributed by atoms with van der Waals surface area (Å²) in [6, 6.07) is 5.91. The van der Waals surface area contributed by atoms with Crippen LogP contribution >= 0.6 is 0 Å². The second-order valence-electron chi connectivity index (χ2n) is 5.13. The Hall–Kier alpha value is -3.49. The Labute approximate surface area is 150 Å². The number of hydrogen-bond donors (Lipinski definition) is 3. The first-order valence-corrected chi connectivity index (χ1v) is 7.56. The van der Waals surface area contributed by atoms with Gasteiger partial charge >= 0.3 is 11.9 Å². The van der Waals surface area contributed by atoms with Gasteiger partial charge < -0.3 is 20.3 Å². The van der Waals surface area contributed by atoms with Gasteiger partial charge in [0.25, 0.3) is 0 Å². The van der Waals surface area contributed by atoms with Crippen molar-refractivity contribution in [1.29, 1.82) is 0 Å². The number of carboxylic acid groups (broad SMARTS) is 2. The number of aliphatic carboxylic acids is 2. The lowest BCUT2D eigenvalue weighted by Gasteiger charge is -2.13. The highest BCUT2D eigenvalue weighted by Crippen LogP contribution is 2.24. The largest absolute Gasteiger partial charge is 0.491 e. The standard InChI is InChI=1S/C13H16N4O.C4H4O4/c1-9(2)16-13-11(18-3)8-15-12(17-13)10-6-4-5-7-14-10;5-3(6)1-2-4(7)8/h4-9H,1-3H3,(H,15,16,17);1-2H,(H,5,6)(H,7,8)/b;2-1+. The van der Waals surface area contributed by atoms with Crippen molar-refractivity contribution in [1.82, 2.24) is 15.0 Å². The molecule has 0 spiro atoms. The van der Waals surface area contributed by atoms with Crippen LogP contribution in [0.1, 0.15) is 13.8 Å². The molecule has 0 aliphatic rings. The molecule has 0 aliphatic heterocycles. The van der Waals surface area contributed by atoms with E-state index in [1.165, 1.54) is 0 Å². The summed E-state index contributed by atoms with van der Waals surface area (Å²) in [5, 5.41) is 18.9. The fraction of sp³-hybridized carbons (Fsp3) is 0.235. The van der Waals surface area contributed by atoms with Crippen LogP contribution in [0.3, 0.4) is 0 Å². The summed E-state index contributed by atoms with van der Waals surface area (Å²) in [6.07, 6.45) is 4.49. The van der Waals surface area contributed by atoms with Crippen LogP contribution in [0.25, 0.3) is 11.5 Å². The molecule has 0 aliphatic carbocycles. The molecule has 3 N–H and O–H groups in total. The van der Waals surface area contributed by atoms with Gasteiger partial charge in [0.1, 0.15) is 5.69 Å². The average Bonchev–Trinajstić information content (AvgIpc) is 2.61. The number of methoxy groups -OCH3 is 1. The van der Waals surface area contributed by atoms with Gasteiger partial charge in [-0.2, -0.15) is 0 Å². The van der Waals surface area contributed by atoms with Crippen molar-refractivity contribution in [3.05, 3.63) is 42.7 Å². The number of carbonyl (C=O) groups is 2. The number of carboxylic acids is 2. The number of ether oxygens (including phenoxy) is 1. The van der Waals surface area contributed by atoms with Gasteiger partial charge in [-0.1, -0.05) is 6.07 Å². The summed E-state index contributed by atoms with van der Waals surface area (Å²) in [5.74, 6) is -0.620. The maximum atomic E-state index is 9.55. The summed E-state index contributed by atoms with van der Waals surface area (Å²) in [6.45, 7) is 4.09. The molecule has 0 unspecified atom stereocenters. The van der Waals surface area contributed by atoms with Gasteiger partial charge in [0.05, 0.1) is 13.3 Å². The zero-order valence-corrected chi connectivity index (χ0v) is 14.6. The fourth-order valence-corrected chi connectivity index (χ4v) is 1.66. The Morgan fingerprint density at radius 1 is 1.15 bits per heavy atom. The van der Waals surface area contributed by atoms with E-state index >= 15 is 0 Å². The second-order valence-corrected chi connectivity index (χ2v) is 5.13. The summed E-state index contributed by atoms with van der Waals surface area (Å²) in [4.78, 5) is 32.0. The molecule has 0 saturated carbocycles. The molecule has 138 valence electrons.